The van der Waals surface area contributed by atoms with Crippen molar-refractivity contribution in [1.29, 1.82) is 0 Å². The van der Waals surface area contributed by atoms with Crippen molar-refractivity contribution in [3.8, 4) is 0 Å². The van der Waals surface area contributed by atoms with Gasteiger partial charge in [0.2, 0.25) is 0 Å². The lowest BCUT2D eigenvalue weighted by atomic mass is 9.88. The summed E-state index contributed by atoms with van der Waals surface area (Å²) in [6.07, 6.45) is 4.25. The summed E-state index contributed by atoms with van der Waals surface area (Å²) >= 11 is 0. The third-order valence-corrected chi connectivity index (χ3v) is 4.69. The fourth-order valence-corrected chi connectivity index (χ4v) is 3.62. The second-order valence-corrected chi connectivity index (χ2v) is 6.23. The Kier molecular flexibility index (Phi) is 4.36. The highest BCUT2D eigenvalue weighted by Gasteiger charge is 2.42. The number of rotatable bonds is 4. The van der Waals surface area contributed by atoms with Crippen LogP contribution in [0.25, 0.3) is 0 Å². The first-order valence-corrected chi connectivity index (χ1v) is 8.07. The first-order valence-electron chi connectivity index (χ1n) is 8.07. The van der Waals surface area contributed by atoms with Gasteiger partial charge in [0.1, 0.15) is 0 Å². The molecule has 4 nitrogen and oxygen atoms in total. The van der Waals surface area contributed by atoms with Gasteiger partial charge in [-0.1, -0.05) is 19.1 Å². The molecule has 116 valence electrons. The third kappa shape index (κ3) is 3.01. The molecule has 2 aliphatic heterocycles. The molecule has 0 amide bonds. The Bertz CT molecular complexity index is 472. The van der Waals surface area contributed by atoms with E-state index in [1.807, 2.05) is 12.1 Å². The zero-order valence-corrected chi connectivity index (χ0v) is 12.9. The van der Waals surface area contributed by atoms with E-state index >= 15 is 0 Å². The van der Waals surface area contributed by atoms with Gasteiger partial charge in [-0.15, -0.1) is 0 Å². The molecule has 0 saturated carbocycles. The van der Waals surface area contributed by atoms with Crippen molar-refractivity contribution >= 4 is 11.4 Å². The number of nitrogen functional groups attached to an aromatic ring is 1. The van der Waals surface area contributed by atoms with Gasteiger partial charge in [0, 0.05) is 32.2 Å². The number of nitrogens with two attached hydrogens (primary N) is 1. The van der Waals surface area contributed by atoms with Crippen LogP contribution in [0.1, 0.15) is 32.6 Å². The summed E-state index contributed by atoms with van der Waals surface area (Å²) in [5.41, 5.74) is 8.19. The molecule has 2 fully saturated rings. The van der Waals surface area contributed by atoms with Crippen LogP contribution >= 0.6 is 0 Å². The molecule has 2 heterocycles. The van der Waals surface area contributed by atoms with Crippen molar-refractivity contribution in [3.63, 3.8) is 0 Å². The Hall–Kier alpha value is -1.26. The van der Waals surface area contributed by atoms with Crippen LogP contribution in [0.4, 0.5) is 11.4 Å². The van der Waals surface area contributed by atoms with Crippen molar-refractivity contribution in [1.82, 2.24) is 0 Å². The van der Waals surface area contributed by atoms with Gasteiger partial charge in [0.25, 0.3) is 0 Å². The summed E-state index contributed by atoms with van der Waals surface area (Å²) in [4.78, 5) is 2.48. The Balaban J connectivity index is 1.82. The van der Waals surface area contributed by atoms with Gasteiger partial charge < -0.3 is 20.1 Å². The van der Waals surface area contributed by atoms with Gasteiger partial charge in [0.15, 0.2) is 0 Å². The minimum Gasteiger partial charge on any atom is -0.397 e. The molecular formula is C17H26N2O2. The summed E-state index contributed by atoms with van der Waals surface area (Å²) in [7, 11) is 0. The highest BCUT2D eigenvalue weighted by molar-refractivity contribution is 5.67. The van der Waals surface area contributed by atoms with Crippen LogP contribution in [-0.4, -0.2) is 38.0 Å². The Morgan fingerprint density at radius 3 is 2.90 bits per heavy atom. The topological polar surface area (TPSA) is 47.7 Å². The summed E-state index contributed by atoms with van der Waals surface area (Å²) in [5.74, 6) is 0. The third-order valence-electron chi connectivity index (χ3n) is 4.69. The van der Waals surface area contributed by atoms with Crippen LogP contribution in [0.3, 0.4) is 0 Å². The first kappa shape index (κ1) is 14.7. The van der Waals surface area contributed by atoms with Crippen LogP contribution in [-0.2, 0) is 9.47 Å². The summed E-state index contributed by atoms with van der Waals surface area (Å²) in [6, 6.07) is 8.69. The van der Waals surface area contributed by atoms with Gasteiger partial charge in [-0.25, -0.2) is 0 Å². The number of benzene rings is 1. The standard InChI is InChI=1S/C17H26N2O2/c1-2-9-19(16-6-4-3-5-15(16)18)14-7-10-21-17(12-14)8-11-20-13-17/h3-6,14H,2,7-13,18H2,1H3. The van der Waals surface area contributed by atoms with Crippen molar-refractivity contribution in [3.05, 3.63) is 24.3 Å². The average molecular weight is 290 g/mol. The average Bonchev–Trinajstić information content (AvgIpc) is 2.93. The van der Waals surface area contributed by atoms with Crippen LogP contribution in [0, 0.1) is 0 Å². The molecule has 4 heteroatoms. The van der Waals surface area contributed by atoms with Crippen molar-refractivity contribution in [2.75, 3.05) is 37.0 Å². The van der Waals surface area contributed by atoms with Gasteiger partial charge in [-0.3, -0.25) is 0 Å². The van der Waals surface area contributed by atoms with E-state index < -0.39 is 0 Å². The van der Waals surface area contributed by atoms with Gasteiger partial charge in [-0.2, -0.15) is 0 Å². The molecule has 2 atom stereocenters. The minimum absolute atomic E-state index is 0.0571. The molecule has 2 saturated heterocycles. The maximum atomic E-state index is 6.21. The largest absolute Gasteiger partial charge is 0.397 e. The van der Waals surface area contributed by atoms with E-state index in [-0.39, 0.29) is 5.60 Å². The fourth-order valence-electron chi connectivity index (χ4n) is 3.62. The van der Waals surface area contributed by atoms with Crippen molar-refractivity contribution in [2.45, 2.75) is 44.2 Å². The molecule has 2 N–H and O–H groups in total. The van der Waals surface area contributed by atoms with Crippen LogP contribution in [0.5, 0.6) is 0 Å². The summed E-state index contributed by atoms with van der Waals surface area (Å²) in [5, 5.41) is 0. The van der Waals surface area contributed by atoms with Crippen LogP contribution in [0.2, 0.25) is 0 Å². The zero-order chi connectivity index (χ0) is 14.7. The molecule has 3 rings (SSSR count). The normalized spacial score (nSPS) is 28.9. The predicted molar refractivity (Wildman–Crippen MR) is 85.6 cm³/mol. The molecular weight excluding hydrogens is 264 g/mol. The van der Waals surface area contributed by atoms with E-state index in [1.165, 1.54) is 5.69 Å². The van der Waals surface area contributed by atoms with E-state index in [0.717, 1.165) is 57.7 Å². The van der Waals surface area contributed by atoms with Crippen molar-refractivity contribution < 1.29 is 9.47 Å². The predicted octanol–water partition coefficient (Wildman–Crippen LogP) is 2.82. The van der Waals surface area contributed by atoms with E-state index in [0.29, 0.717) is 6.04 Å². The molecule has 0 bridgehead atoms. The summed E-state index contributed by atoms with van der Waals surface area (Å²) in [6.45, 7) is 5.65. The lowest BCUT2D eigenvalue weighted by Gasteiger charge is -2.43. The first-order chi connectivity index (χ1) is 10.2. The second kappa shape index (κ2) is 6.24. The van der Waals surface area contributed by atoms with E-state index in [9.17, 15) is 0 Å². The smallest absolute Gasteiger partial charge is 0.0956 e. The Morgan fingerprint density at radius 1 is 1.33 bits per heavy atom. The van der Waals surface area contributed by atoms with Gasteiger partial charge in [-0.05, 0) is 31.4 Å². The lowest BCUT2D eigenvalue weighted by Crippen LogP contribution is -2.49. The molecule has 0 aliphatic carbocycles. The van der Waals surface area contributed by atoms with E-state index in [1.54, 1.807) is 0 Å². The maximum absolute atomic E-state index is 6.21. The monoisotopic (exact) mass is 290 g/mol. The lowest BCUT2D eigenvalue weighted by molar-refractivity contribution is -0.0859. The minimum atomic E-state index is -0.0571. The summed E-state index contributed by atoms with van der Waals surface area (Å²) < 4.78 is 11.7. The molecule has 1 aromatic rings. The molecule has 0 radical (unpaired) electrons. The Morgan fingerprint density at radius 2 is 2.19 bits per heavy atom. The maximum Gasteiger partial charge on any atom is 0.0956 e. The molecule has 0 aromatic heterocycles. The quantitative estimate of drug-likeness (QED) is 0.866. The number of hydrogen-bond donors (Lipinski definition) is 1. The number of anilines is 2. The van der Waals surface area contributed by atoms with E-state index in [4.69, 9.17) is 15.2 Å². The molecule has 2 aliphatic rings. The highest BCUT2D eigenvalue weighted by atomic mass is 16.6. The number of ether oxygens (including phenoxy) is 2. The van der Waals surface area contributed by atoms with Crippen LogP contribution < -0.4 is 10.6 Å². The molecule has 2 unspecified atom stereocenters. The highest BCUT2D eigenvalue weighted by Crippen LogP contribution is 2.37. The number of para-hydroxylation sites is 2. The molecule has 21 heavy (non-hydrogen) atoms. The number of nitrogens with zero attached hydrogens (tertiary/aromatic N) is 1. The van der Waals surface area contributed by atoms with Crippen molar-refractivity contribution in [2.24, 2.45) is 0 Å². The van der Waals surface area contributed by atoms with Gasteiger partial charge >= 0.3 is 0 Å². The van der Waals surface area contributed by atoms with E-state index in [2.05, 4.69) is 24.0 Å². The number of hydrogen-bond acceptors (Lipinski definition) is 4. The second-order valence-electron chi connectivity index (χ2n) is 6.23. The van der Waals surface area contributed by atoms with Gasteiger partial charge in [0.05, 0.1) is 23.6 Å². The zero-order valence-electron chi connectivity index (χ0n) is 12.9. The molecule has 1 spiro atoms. The fraction of sp³-hybridized carbons (Fsp3) is 0.647. The van der Waals surface area contributed by atoms with Crippen LogP contribution in [0.15, 0.2) is 24.3 Å². The SMILES string of the molecule is CCCN(c1ccccc1N)C1CCOC2(CCOC2)C1. The molecule has 1 aromatic carbocycles. The Labute approximate surface area is 127 Å².